The molecule has 0 aliphatic heterocycles. The largest absolute Gasteiger partial charge is 0.440 e. The Kier molecular flexibility index (Phi) is 3.42. The molecule has 0 N–H and O–H groups in total. The van der Waals surface area contributed by atoms with Gasteiger partial charge in [-0.05, 0) is 24.3 Å². The predicted molar refractivity (Wildman–Crippen MR) is 61.7 cm³/mol. The molecule has 3 nitrogen and oxygen atoms in total. The Morgan fingerprint density at radius 3 is 2.32 bits per heavy atom. The highest BCUT2D eigenvalue weighted by Gasteiger charge is 2.30. The van der Waals surface area contributed by atoms with Crippen molar-refractivity contribution in [1.29, 1.82) is 0 Å². The van der Waals surface area contributed by atoms with Crippen LogP contribution in [0.3, 0.4) is 0 Å². The normalized spacial score (nSPS) is 11.6. The van der Waals surface area contributed by atoms with Gasteiger partial charge in [0.05, 0.1) is 5.56 Å². The molecule has 0 spiro atoms. The number of aldehydes is 1. The number of benzene rings is 1. The quantitative estimate of drug-likeness (QED) is 0.797. The number of carbonyl (C=O) groups excluding carboxylic acids is 1. The highest BCUT2D eigenvalue weighted by molar-refractivity contribution is 5.74. The Labute approximate surface area is 107 Å². The summed E-state index contributed by atoms with van der Waals surface area (Å²) in [5.74, 6) is 0.567. The van der Waals surface area contributed by atoms with Crippen LogP contribution in [0.4, 0.5) is 13.2 Å². The average Bonchev–Trinajstić information content (AvgIpc) is 2.81. The molecule has 0 saturated carbocycles. The van der Waals surface area contributed by atoms with Gasteiger partial charge in [-0.2, -0.15) is 13.2 Å². The van der Waals surface area contributed by atoms with Crippen molar-refractivity contribution in [2.24, 2.45) is 0 Å². The van der Waals surface area contributed by atoms with Crippen molar-refractivity contribution in [2.45, 2.75) is 19.5 Å². The van der Waals surface area contributed by atoms with Gasteiger partial charge in [0.1, 0.15) is 11.5 Å². The van der Waals surface area contributed by atoms with Crippen LogP contribution in [-0.4, -0.2) is 11.3 Å². The molecule has 0 bridgehead atoms. The monoisotopic (exact) mass is 269 g/mol. The lowest BCUT2D eigenvalue weighted by Gasteiger charge is -2.06. The fourth-order valence-corrected chi connectivity index (χ4v) is 1.63. The summed E-state index contributed by atoms with van der Waals surface area (Å²) < 4.78 is 42.6. The number of aryl methyl sites for hydroxylation is 1. The van der Waals surface area contributed by atoms with Gasteiger partial charge in [0.2, 0.25) is 5.89 Å². The molecule has 19 heavy (non-hydrogen) atoms. The summed E-state index contributed by atoms with van der Waals surface area (Å²) in [5, 5.41) is 0. The zero-order valence-corrected chi connectivity index (χ0v) is 9.99. The number of rotatable bonds is 3. The minimum atomic E-state index is -4.38. The van der Waals surface area contributed by atoms with Crippen molar-refractivity contribution in [3.63, 3.8) is 0 Å². The molecule has 0 radical (unpaired) electrons. The summed E-state index contributed by atoms with van der Waals surface area (Å²) in [6.07, 6.45) is -3.32. The van der Waals surface area contributed by atoms with Crippen LogP contribution in [-0.2, 0) is 12.6 Å². The fourth-order valence-electron chi connectivity index (χ4n) is 1.63. The first-order chi connectivity index (χ1) is 8.95. The summed E-state index contributed by atoms with van der Waals surface area (Å²) in [6.45, 7) is 1.80. The van der Waals surface area contributed by atoms with Crippen LogP contribution in [0.2, 0.25) is 0 Å². The van der Waals surface area contributed by atoms with Gasteiger partial charge in [0.25, 0.3) is 0 Å². The van der Waals surface area contributed by atoms with Crippen molar-refractivity contribution in [1.82, 2.24) is 4.98 Å². The van der Waals surface area contributed by atoms with Crippen molar-refractivity contribution >= 4 is 6.29 Å². The minimum absolute atomic E-state index is 0.146. The van der Waals surface area contributed by atoms with Crippen molar-refractivity contribution < 1.29 is 22.4 Å². The standard InChI is InChI=1S/C13H10F3NO2/c1-2-11-10(7-18)17-12(19-11)8-3-5-9(6-4-8)13(14,15)16/h3-7H,2H2,1H3. The molecule has 0 unspecified atom stereocenters. The number of hydrogen-bond donors (Lipinski definition) is 0. The second-order valence-electron chi connectivity index (χ2n) is 3.87. The molecular weight excluding hydrogens is 259 g/mol. The summed E-state index contributed by atoms with van der Waals surface area (Å²) in [6, 6.07) is 4.43. The number of aromatic nitrogens is 1. The van der Waals surface area contributed by atoms with Crippen LogP contribution in [0.5, 0.6) is 0 Å². The van der Waals surface area contributed by atoms with E-state index in [1.54, 1.807) is 6.92 Å². The second kappa shape index (κ2) is 4.87. The van der Waals surface area contributed by atoms with Gasteiger partial charge < -0.3 is 4.42 Å². The first-order valence-electron chi connectivity index (χ1n) is 5.58. The van der Waals surface area contributed by atoms with E-state index in [4.69, 9.17) is 4.42 Å². The summed E-state index contributed by atoms with van der Waals surface area (Å²) >= 11 is 0. The molecule has 0 fully saturated rings. The molecule has 2 aromatic rings. The van der Waals surface area contributed by atoms with Gasteiger partial charge in [-0.15, -0.1) is 0 Å². The summed E-state index contributed by atoms with van der Waals surface area (Å²) in [5.41, 5.74) is -0.165. The maximum absolute atomic E-state index is 12.4. The topological polar surface area (TPSA) is 43.1 Å². The third-order valence-corrected chi connectivity index (χ3v) is 2.62. The maximum atomic E-state index is 12.4. The van der Waals surface area contributed by atoms with E-state index >= 15 is 0 Å². The molecule has 6 heteroatoms. The highest BCUT2D eigenvalue weighted by Crippen LogP contribution is 2.31. The Bertz CT molecular complexity index is 585. The molecule has 100 valence electrons. The number of oxazole rings is 1. The molecule has 0 amide bonds. The van der Waals surface area contributed by atoms with Crippen molar-refractivity contribution in [3.8, 4) is 11.5 Å². The van der Waals surface area contributed by atoms with Crippen LogP contribution in [0.25, 0.3) is 11.5 Å². The van der Waals surface area contributed by atoms with Crippen LogP contribution >= 0.6 is 0 Å². The van der Waals surface area contributed by atoms with Crippen molar-refractivity contribution in [3.05, 3.63) is 41.3 Å². The van der Waals surface area contributed by atoms with Gasteiger partial charge in [-0.1, -0.05) is 6.92 Å². The highest BCUT2D eigenvalue weighted by atomic mass is 19.4. The lowest BCUT2D eigenvalue weighted by Crippen LogP contribution is -2.03. The maximum Gasteiger partial charge on any atom is 0.416 e. The Morgan fingerprint density at radius 1 is 1.26 bits per heavy atom. The van der Waals surface area contributed by atoms with Gasteiger partial charge >= 0.3 is 6.18 Å². The zero-order chi connectivity index (χ0) is 14.0. The molecular formula is C13H10F3NO2. The molecule has 0 atom stereocenters. The Morgan fingerprint density at radius 2 is 1.89 bits per heavy atom. The molecule has 0 aliphatic carbocycles. The van der Waals surface area contributed by atoms with E-state index in [9.17, 15) is 18.0 Å². The third-order valence-electron chi connectivity index (χ3n) is 2.62. The van der Waals surface area contributed by atoms with E-state index in [1.807, 2.05) is 0 Å². The van der Waals surface area contributed by atoms with Crippen molar-refractivity contribution in [2.75, 3.05) is 0 Å². The fraction of sp³-hybridized carbons (Fsp3) is 0.231. The van der Waals surface area contributed by atoms with Crippen LogP contribution < -0.4 is 0 Å². The molecule has 1 aromatic heterocycles. The smallest absolute Gasteiger partial charge is 0.416 e. The number of nitrogens with zero attached hydrogens (tertiary/aromatic N) is 1. The van der Waals surface area contributed by atoms with Gasteiger partial charge in [-0.25, -0.2) is 4.98 Å². The summed E-state index contributed by atoms with van der Waals surface area (Å²) in [4.78, 5) is 14.7. The van der Waals surface area contributed by atoms with E-state index in [0.717, 1.165) is 12.1 Å². The molecule has 1 heterocycles. The van der Waals surface area contributed by atoms with Crippen LogP contribution in [0, 0.1) is 0 Å². The lowest BCUT2D eigenvalue weighted by molar-refractivity contribution is -0.137. The van der Waals surface area contributed by atoms with Crippen LogP contribution in [0.15, 0.2) is 28.7 Å². The SMILES string of the molecule is CCc1oc(-c2ccc(C(F)(F)F)cc2)nc1C=O. The molecule has 1 aromatic carbocycles. The predicted octanol–water partition coefficient (Wildman–Crippen LogP) is 3.74. The number of hydrogen-bond acceptors (Lipinski definition) is 3. The van der Waals surface area contributed by atoms with Gasteiger partial charge in [0.15, 0.2) is 6.29 Å². The number of alkyl halides is 3. The number of carbonyl (C=O) groups is 1. The lowest BCUT2D eigenvalue weighted by atomic mass is 10.1. The first-order valence-corrected chi connectivity index (χ1v) is 5.58. The Hall–Kier alpha value is -2.11. The van der Waals surface area contributed by atoms with E-state index < -0.39 is 11.7 Å². The van der Waals surface area contributed by atoms with E-state index in [0.29, 0.717) is 24.0 Å². The first kappa shape index (κ1) is 13.3. The van der Waals surface area contributed by atoms with E-state index in [2.05, 4.69) is 4.98 Å². The molecule has 0 aliphatic rings. The third kappa shape index (κ3) is 2.67. The van der Waals surface area contributed by atoms with Gasteiger partial charge in [0, 0.05) is 12.0 Å². The minimum Gasteiger partial charge on any atom is -0.440 e. The Balaban J connectivity index is 2.37. The van der Waals surface area contributed by atoms with Gasteiger partial charge in [-0.3, -0.25) is 4.79 Å². The second-order valence-corrected chi connectivity index (χ2v) is 3.87. The van der Waals surface area contributed by atoms with Crippen LogP contribution in [0.1, 0.15) is 28.7 Å². The van der Waals surface area contributed by atoms with E-state index in [-0.39, 0.29) is 11.6 Å². The summed E-state index contributed by atoms with van der Waals surface area (Å²) in [7, 11) is 0. The zero-order valence-electron chi connectivity index (χ0n) is 9.99. The van der Waals surface area contributed by atoms with E-state index in [1.165, 1.54) is 12.1 Å². The molecule has 2 rings (SSSR count). The molecule has 0 saturated heterocycles. The number of halogens is 3. The average molecular weight is 269 g/mol.